The van der Waals surface area contributed by atoms with Crippen LogP contribution in [0.15, 0.2) is 30.5 Å². The van der Waals surface area contributed by atoms with Gasteiger partial charge < -0.3 is 9.47 Å². The Morgan fingerprint density at radius 1 is 1.27 bits per heavy atom. The fourth-order valence-corrected chi connectivity index (χ4v) is 3.04. The Hall–Kier alpha value is -1.36. The third-order valence-corrected chi connectivity index (χ3v) is 4.44. The molecule has 0 atom stereocenters. The predicted molar refractivity (Wildman–Crippen MR) is 88.7 cm³/mol. The number of aromatic nitrogens is 1. The molecule has 1 aliphatic heterocycles. The summed E-state index contributed by atoms with van der Waals surface area (Å²) >= 11 is 6.07. The molecule has 1 aromatic heterocycles. The number of methoxy groups -OCH3 is 1. The summed E-state index contributed by atoms with van der Waals surface area (Å²) in [4.78, 5) is 6.75. The van der Waals surface area contributed by atoms with Gasteiger partial charge in [-0.25, -0.2) is 4.98 Å². The smallest absolute Gasteiger partial charge is 0.221 e. The van der Waals surface area contributed by atoms with Gasteiger partial charge in [-0.05, 0) is 36.4 Å². The summed E-state index contributed by atoms with van der Waals surface area (Å²) in [5.74, 6) is 0.659. The quantitative estimate of drug-likeness (QED) is 0.846. The van der Waals surface area contributed by atoms with Crippen LogP contribution in [0.3, 0.4) is 0 Å². The van der Waals surface area contributed by atoms with Gasteiger partial charge >= 0.3 is 0 Å². The highest BCUT2D eigenvalue weighted by atomic mass is 35.5. The molecule has 1 aliphatic rings. The molecule has 0 saturated carbocycles. The minimum atomic E-state index is 0.416. The van der Waals surface area contributed by atoms with Crippen LogP contribution >= 0.6 is 11.6 Å². The number of rotatable bonds is 5. The topological polar surface area (TPSA) is 34.6 Å². The molecule has 2 aromatic rings. The number of pyridine rings is 1. The van der Waals surface area contributed by atoms with Gasteiger partial charge in [0.15, 0.2) is 0 Å². The molecule has 2 heterocycles. The van der Waals surface area contributed by atoms with Crippen LogP contribution in [-0.4, -0.2) is 49.3 Å². The first-order valence-electron chi connectivity index (χ1n) is 7.68. The van der Waals surface area contributed by atoms with Crippen LogP contribution in [0.25, 0.3) is 10.8 Å². The molecule has 118 valence electrons. The van der Waals surface area contributed by atoms with E-state index in [1.807, 2.05) is 24.3 Å². The highest BCUT2D eigenvalue weighted by Gasteiger charge is 2.18. The zero-order valence-electron chi connectivity index (χ0n) is 12.8. The Morgan fingerprint density at radius 3 is 2.86 bits per heavy atom. The molecule has 0 N–H and O–H groups in total. The van der Waals surface area contributed by atoms with Crippen LogP contribution in [-0.2, 0) is 4.74 Å². The summed E-state index contributed by atoms with van der Waals surface area (Å²) in [5, 5.41) is 2.76. The minimum absolute atomic E-state index is 0.416. The lowest BCUT2D eigenvalue weighted by Crippen LogP contribution is -2.38. The minimum Gasteiger partial charge on any atom is -0.476 e. The fraction of sp³-hybridized carbons (Fsp3) is 0.471. The number of benzene rings is 1. The Labute approximate surface area is 136 Å². The van der Waals surface area contributed by atoms with Gasteiger partial charge in [-0.1, -0.05) is 17.7 Å². The molecular weight excluding hydrogens is 300 g/mol. The van der Waals surface area contributed by atoms with Gasteiger partial charge in [-0.15, -0.1) is 0 Å². The van der Waals surface area contributed by atoms with E-state index in [9.17, 15) is 0 Å². The van der Waals surface area contributed by atoms with Crippen molar-refractivity contribution in [1.29, 1.82) is 0 Å². The first-order chi connectivity index (χ1) is 10.8. The number of halogens is 1. The number of likely N-dealkylation sites (tertiary alicyclic amines) is 1. The predicted octanol–water partition coefficient (Wildman–Crippen LogP) is 3.38. The van der Waals surface area contributed by atoms with Crippen LogP contribution in [0.2, 0.25) is 5.02 Å². The van der Waals surface area contributed by atoms with Crippen LogP contribution in [0.4, 0.5) is 0 Å². The first-order valence-corrected chi connectivity index (χ1v) is 8.06. The molecule has 0 amide bonds. The first kappa shape index (κ1) is 15.5. The van der Waals surface area contributed by atoms with Crippen molar-refractivity contribution in [3.8, 4) is 5.88 Å². The number of hydrogen-bond donors (Lipinski definition) is 0. The van der Waals surface area contributed by atoms with Crippen LogP contribution in [0, 0.1) is 0 Å². The number of piperidine rings is 1. The lowest BCUT2D eigenvalue weighted by atomic mass is 10.1. The van der Waals surface area contributed by atoms with E-state index >= 15 is 0 Å². The number of fused-ring (bicyclic) bond motifs is 1. The van der Waals surface area contributed by atoms with E-state index in [1.165, 1.54) is 0 Å². The van der Waals surface area contributed by atoms with E-state index in [0.717, 1.165) is 43.2 Å². The Bertz CT molecular complexity index is 627. The third-order valence-electron chi connectivity index (χ3n) is 4.21. The molecule has 0 unspecified atom stereocenters. The summed E-state index contributed by atoms with van der Waals surface area (Å²) in [6.07, 6.45) is 4.38. The average molecular weight is 321 g/mol. The zero-order valence-corrected chi connectivity index (χ0v) is 13.6. The molecular formula is C17H21ClN2O2. The fourth-order valence-electron chi connectivity index (χ4n) is 2.87. The van der Waals surface area contributed by atoms with Crippen LogP contribution in [0.1, 0.15) is 12.8 Å². The molecule has 22 heavy (non-hydrogen) atoms. The average Bonchev–Trinajstić information content (AvgIpc) is 2.56. The second kappa shape index (κ2) is 7.27. The van der Waals surface area contributed by atoms with Gasteiger partial charge in [0.25, 0.3) is 0 Å². The summed E-state index contributed by atoms with van der Waals surface area (Å²) in [5.41, 5.74) is 0. The normalized spacial score (nSPS) is 17.0. The summed E-state index contributed by atoms with van der Waals surface area (Å²) < 4.78 is 11.3. The molecule has 1 saturated heterocycles. The van der Waals surface area contributed by atoms with E-state index in [4.69, 9.17) is 21.1 Å². The van der Waals surface area contributed by atoms with Gasteiger partial charge in [-0.2, -0.15) is 0 Å². The zero-order chi connectivity index (χ0) is 15.4. The second-order valence-corrected chi connectivity index (χ2v) is 6.04. The highest BCUT2D eigenvalue weighted by molar-refractivity contribution is 6.31. The maximum absolute atomic E-state index is 6.07. The van der Waals surface area contributed by atoms with Gasteiger partial charge in [0.2, 0.25) is 5.88 Å². The van der Waals surface area contributed by atoms with Crippen LogP contribution < -0.4 is 4.74 Å². The van der Waals surface area contributed by atoms with E-state index in [1.54, 1.807) is 13.3 Å². The molecule has 5 heteroatoms. The molecule has 0 spiro atoms. The molecule has 4 nitrogen and oxygen atoms in total. The maximum atomic E-state index is 6.07. The van der Waals surface area contributed by atoms with Crippen molar-refractivity contribution < 1.29 is 9.47 Å². The van der Waals surface area contributed by atoms with Crippen molar-refractivity contribution in [2.45, 2.75) is 18.9 Å². The number of ether oxygens (including phenoxy) is 2. The Kier molecular flexibility index (Phi) is 5.13. The van der Waals surface area contributed by atoms with Gasteiger partial charge in [-0.3, -0.25) is 4.90 Å². The van der Waals surface area contributed by atoms with Crippen molar-refractivity contribution in [2.24, 2.45) is 0 Å². The van der Waals surface area contributed by atoms with Crippen molar-refractivity contribution in [3.63, 3.8) is 0 Å². The Balaban J connectivity index is 1.57. The second-order valence-electron chi connectivity index (χ2n) is 5.61. The lowest BCUT2D eigenvalue weighted by molar-refractivity contribution is 0.0374. The van der Waals surface area contributed by atoms with E-state index in [-0.39, 0.29) is 0 Å². The number of hydrogen-bond acceptors (Lipinski definition) is 4. The highest BCUT2D eigenvalue weighted by Crippen LogP contribution is 2.26. The molecule has 0 aliphatic carbocycles. The maximum Gasteiger partial charge on any atom is 0.221 e. The van der Waals surface area contributed by atoms with Crippen molar-refractivity contribution >= 4 is 22.4 Å². The van der Waals surface area contributed by atoms with Crippen molar-refractivity contribution in [3.05, 3.63) is 35.5 Å². The molecule has 0 bridgehead atoms. The molecule has 1 fully saturated rings. The SMILES string of the molecule is COC1CCN(CCOc2nccc3ccc(Cl)cc23)CC1. The largest absolute Gasteiger partial charge is 0.476 e. The number of nitrogens with zero attached hydrogens (tertiary/aromatic N) is 2. The van der Waals surface area contributed by atoms with E-state index < -0.39 is 0 Å². The third kappa shape index (κ3) is 3.69. The molecule has 1 aromatic carbocycles. The standard InChI is InChI=1S/C17H21ClN2O2/c1-21-15-5-8-20(9-6-15)10-11-22-17-16-12-14(18)3-2-13(16)4-7-19-17/h2-4,7,12,15H,5-6,8-11H2,1H3. The van der Waals surface area contributed by atoms with Crippen LogP contribution in [0.5, 0.6) is 5.88 Å². The lowest BCUT2D eigenvalue weighted by Gasteiger charge is -2.30. The molecule has 0 radical (unpaired) electrons. The Morgan fingerprint density at radius 2 is 2.09 bits per heavy atom. The summed E-state index contributed by atoms with van der Waals surface area (Å²) in [6.45, 7) is 3.68. The van der Waals surface area contributed by atoms with Crippen molar-refractivity contribution in [1.82, 2.24) is 9.88 Å². The monoisotopic (exact) mass is 320 g/mol. The molecule has 3 rings (SSSR count). The van der Waals surface area contributed by atoms with Gasteiger partial charge in [0.05, 0.1) is 6.10 Å². The summed E-state index contributed by atoms with van der Waals surface area (Å²) in [6, 6.07) is 7.74. The van der Waals surface area contributed by atoms with Gasteiger partial charge in [0.1, 0.15) is 6.61 Å². The van der Waals surface area contributed by atoms with E-state index in [2.05, 4.69) is 9.88 Å². The summed E-state index contributed by atoms with van der Waals surface area (Å²) in [7, 11) is 1.79. The van der Waals surface area contributed by atoms with E-state index in [0.29, 0.717) is 23.6 Å². The van der Waals surface area contributed by atoms with Gasteiger partial charge in [0, 0.05) is 43.3 Å². The van der Waals surface area contributed by atoms with Crippen molar-refractivity contribution in [2.75, 3.05) is 33.4 Å².